The summed E-state index contributed by atoms with van der Waals surface area (Å²) in [7, 11) is 0. The molecule has 18 heavy (non-hydrogen) atoms. The van der Waals surface area contributed by atoms with Gasteiger partial charge in [0.15, 0.2) is 0 Å². The molecule has 0 radical (unpaired) electrons. The lowest BCUT2D eigenvalue weighted by Gasteiger charge is -2.34. The van der Waals surface area contributed by atoms with Gasteiger partial charge in [0.1, 0.15) is 5.78 Å². The molecule has 6 nitrogen and oxygen atoms in total. The average Bonchev–Trinajstić information content (AvgIpc) is 2.39. The van der Waals surface area contributed by atoms with Gasteiger partial charge in [-0.05, 0) is 0 Å². The van der Waals surface area contributed by atoms with Gasteiger partial charge in [0.2, 0.25) is 5.91 Å². The molecule has 1 unspecified atom stereocenters. The number of carbonyl (C=O) groups excluding carboxylic acids is 2. The Morgan fingerprint density at radius 1 is 1.33 bits per heavy atom. The van der Waals surface area contributed by atoms with E-state index in [0.29, 0.717) is 45.6 Å². The second-order valence-electron chi connectivity index (χ2n) is 4.83. The van der Waals surface area contributed by atoms with Crippen LogP contribution in [-0.4, -0.2) is 78.6 Å². The number of likely N-dealkylation sites (tertiary alicyclic amines) is 1. The Labute approximate surface area is 106 Å². The molecule has 2 aliphatic rings. The third-order valence-electron chi connectivity index (χ3n) is 3.46. The Morgan fingerprint density at radius 2 is 2.06 bits per heavy atom. The number of amides is 1. The third-order valence-corrected chi connectivity index (χ3v) is 3.46. The first-order chi connectivity index (χ1) is 8.69. The van der Waals surface area contributed by atoms with Crippen LogP contribution in [0.4, 0.5) is 0 Å². The molecule has 1 amide bonds. The number of ketones is 1. The van der Waals surface area contributed by atoms with Gasteiger partial charge in [0.05, 0.1) is 25.9 Å². The minimum atomic E-state index is -0.186. The molecule has 0 spiro atoms. The van der Waals surface area contributed by atoms with Crippen molar-refractivity contribution in [1.82, 2.24) is 9.80 Å². The summed E-state index contributed by atoms with van der Waals surface area (Å²) < 4.78 is 5.34. The van der Waals surface area contributed by atoms with Gasteiger partial charge in [-0.1, -0.05) is 0 Å². The third kappa shape index (κ3) is 3.51. The summed E-state index contributed by atoms with van der Waals surface area (Å²) in [5.41, 5.74) is 0. The Bertz CT molecular complexity index is 311. The molecule has 0 aromatic rings. The minimum absolute atomic E-state index is 0.0110. The number of morpholine rings is 1. The lowest BCUT2D eigenvalue weighted by Crippen LogP contribution is -2.50. The molecule has 2 saturated heterocycles. The van der Waals surface area contributed by atoms with Gasteiger partial charge in [-0.3, -0.25) is 14.5 Å². The number of Topliss-reactive ketones (excluding diaryl/α,β-unsaturated/α-hetero) is 1. The molecule has 0 aromatic carbocycles. The maximum Gasteiger partial charge on any atom is 0.236 e. The summed E-state index contributed by atoms with van der Waals surface area (Å²) in [6, 6.07) is 0. The van der Waals surface area contributed by atoms with E-state index in [1.807, 2.05) is 4.90 Å². The summed E-state index contributed by atoms with van der Waals surface area (Å²) >= 11 is 0. The van der Waals surface area contributed by atoms with Crippen LogP contribution in [0.5, 0.6) is 0 Å². The van der Waals surface area contributed by atoms with Crippen LogP contribution >= 0.6 is 0 Å². The molecular weight excluding hydrogens is 236 g/mol. The zero-order valence-electron chi connectivity index (χ0n) is 10.5. The number of hydrogen-bond donors (Lipinski definition) is 1. The Morgan fingerprint density at radius 3 is 2.72 bits per heavy atom. The van der Waals surface area contributed by atoms with Crippen LogP contribution < -0.4 is 0 Å². The second kappa shape index (κ2) is 6.26. The average molecular weight is 256 g/mol. The van der Waals surface area contributed by atoms with Crippen LogP contribution in [0.2, 0.25) is 0 Å². The quantitative estimate of drug-likeness (QED) is 0.692. The Hall–Kier alpha value is -0.980. The van der Waals surface area contributed by atoms with Crippen LogP contribution in [0.25, 0.3) is 0 Å². The maximum atomic E-state index is 12.0. The van der Waals surface area contributed by atoms with Gasteiger partial charge in [0, 0.05) is 39.0 Å². The standard InChI is InChI=1S/C12H20N2O4/c15-9-11-7-13(5-6-18-11)8-12(17)14-3-1-10(16)2-4-14/h11,15H,1-9H2. The Balaban J connectivity index is 1.78. The minimum Gasteiger partial charge on any atom is -0.394 e. The monoisotopic (exact) mass is 256 g/mol. The van der Waals surface area contributed by atoms with Crippen LogP contribution in [0, 0.1) is 0 Å². The van der Waals surface area contributed by atoms with Gasteiger partial charge in [-0.2, -0.15) is 0 Å². The summed E-state index contributed by atoms with van der Waals surface area (Å²) in [6.45, 7) is 3.30. The molecule has 0 aliphatic carbocycles. The molecule has 102 valence electrons. The van der Waals surface area contributed by atoms with Gasteiger partial charge in [-0.25, -0.2) is 0 Å². The predicted molar refractivity (Wildman–Crippen MR) is 64.1 cm³/mol. The van der Waals surface area contributed by atoms with Crippen LogP contribution in [0.1, 0.15) is 12.8 Å². The fourth-order valence-corrected chi connectivity index (χ4v) is 2.33. The fraction of sp³-hybridized carbons (Fsp3) is 0.833. The number of carbonyl (C=O) groups is 2. The van der Waals surface area contributed by atoms with E-state index >= 15 is 0 Å². The number of ether oxygens (including phenoxy) is 1. The first-order valence-electron chi connectivity index (χ1n) is 6.43. The van der Waals surface area contributed by atoms with E-state index in [1.54, 1.807) is 4.90 Å². The highest BCUT2D eigenvalue weighted by molar-refractivity contribution is 5.84. The SMILES string of the molecule is O=C1CCN(C(=O)CN2CCOC(CO)C2)CC1. The Kier molecular flexibility index (Phi) is 4.68. The smallest absolute Gasteiger partial charge is 0.236 e. The van der Waals surface area contributed by atoms with Gasteiger partial charge in [-0.15, -0.1) is 0 Å². The van der Waals surface area contributed by atoms with Crippen molar-refractivity contribution < 1.29 is 19.4 Å². The summed E-state index contributed by atoms with van der Waals surface area (Å²) in [5, 5.41) is 9.04. The molecule has 0 aromatic heterocycles. The summed E-state index contributed by atoms with van der Waals surface area (Å²) in [4.78, 5) is 26.9. The first-order valence-corrected chi connectivity index (χ1v) is 6.43. The number of nitrogens with zero attached hydrogens (tertiary/aromatic N) is 2. The zero-order chi connectivity index (χ0) is 13.0. The molecule has 2 heterocycles. The first kappa shape index (κ1) is 13.5. The van der Waals surface area contributed by atoms with E-state index in [9.17, 15) is 9.59 Å². The van der Waals surface area contributed by atoms with Crippen LogP contribution in [-0.2, 0) is 14.3 Å². The highest BCUT2D eigenvalue weighted by Gasteiger charge is 2.25. The summed E-state index contributed by atoms with van der Waals surface area (Å²) in [5.74, 6) is 0.312. The molecule has 0 saturated carbocycles. The van der Waals surface area contributed by atoms with E-state index < -0.39 is 0 Å². The topological polar surface area (TPSA) is 70.1 Å². The molecule has 2 fully saturated rings. The number of aliphatic hydroxyl groups excluding tert-OH is 1. The normalized spacial score (nSPS) is 26.4. The molecule has 2 aliphatic heterocycles. The number of hydrogen-bond acceptors (Lipinski definition) is 5. The molecule has 1 N–H and O–H groups in total. The van der Waals surface area contributed by atoms with E-state index in [0.717, 1.165) is 6.54 Å². The number of aliphatic hydroxyl groups is 1. The van der Waals surface area contributed by atoms with Crippen molar-refractivity contribution in [3.8, 4) is 0 Å². The highest BCUT2D eigenvalue weighted by atomic mass is 16.5. The second-order valence-corrected chi connectivity index (χ2v) is 4.83. The van der Waals surface area contributed by atoms with Crippen molar-refractivity contribution in [3.05, 3.63) is 0 Å². The van der Waals surface area contributed by atoms with Crippen molar-refractivity contribution in [2.75, 3.05) is 45.9 Å². The lowest BCUT2D eigenvalue weighted by atomic mass is 10.1. The molecule has 1 atom stereocenters. The van der Waals surface area contributed by atoms with Gasteiger partial charge in [0.25, 0.3) is 0 Å². The van der Waals surface area contributed by atoms with Crippen LogP contribution in [0.15, 0.2) is 0 Å². The number of rotatable bonds is 3. The maximum absolute atomic E-state index is 12.0. The van der Waals surface area contributed by atoms with Crippen molar-refractivity contribution in [1.29, 1.82) is 0 Å². The van der Waals surface area contributed by atoms with E-state index in [1.165, 1.54) is 0 Å². The zero-order valence-corrected chi connectivity index (χ0v) is 10.5. The predicted octanol–water partition coefficient (Wildman–Crippen LogP) is -1.13. The molecular formula is C12H20N2O4. The van der Waals surface area contributed by atoms with Crippen molar-refractivity contribution in [2.45, 2.75) is 18.9 Å². The van der Waals surface area contributed by atoms with Crippen LogP contribution in [0.3, 0.4) is 0 Å². The van der Waals surface area contributed by atoms with E-state index in [2.05, 4.69) is 0 Å². The molecule has 6 heteroatoms. The van der Waals surface area contributed by atoms with Crippen molar-refractivity contribution in [2.24, 2.45) is 0 Å². The van der Waals surface area contributed by atoms with E-state index in [4.69, 9.17) is 9.84 Å². The number of piperidine rings is 1. The van der Waals surface area contributed by atoms with E-state index in [-0.39, 0.29) is 24.4 Å². The molecule has 2 rings (SSSR count). The van der Waals surface area contributed by atoms with Gasteiger partial charge >= 0.3 is 0 Å². The highest BCUT2D eigenvalue weighted by Crippen LogP contribution is 2.09. The molecule has 0 bridgehead atoms. The summed E-state index contributed by atoms with van der Waals surface area (Å²) in [6.07, 6.45) is 0.775. The van der Waals surface area contributed by atoms with Gasteiger partial charge < -0.3 is 14.7 Å². The fourth-order valence-electron chi connectivity index (χ4n) is 2.33. The van der Waals surface area contributed by atoms with Crippen molar-refractivity contribution in [3.63, 3.8) is 0 Å². The lowest BCUT2D eigenvalue weighted by molar-refractivity contribution is -0.137. The van der Waals surface area contributed by atoms with Crippen molar-refractivity contribution >= 4 is 11.7 Å². The largest absolute Gasteiger partial charge is 0.394 e.